The first kappa shape index (κ1) is 21.9. The highest BCUT2D eigenvalue weighted by molar-refractivity contribution is 6.30. The summed E-state index contributed by atoms with van der Waals surface area (Å²) in [4.78, 5) is 27.4. The molecule has 1 aromatic heterocycles. The molecule has 0 fully saturated rings. The molecule has 0 saturated heterocycles. The molecule has 0 radical (unpaired) electrons. The Morgan fingerprint density at radius 2 is 1.56 bits per heavy atom. The van der Waals surface area contributed by atoms with E-state index in [9.17, 15) is 9.59 Å². The zero-order chi connectivity index (χ0) is 23.5. The standard InChI is InChI=1S/C27H23ClN4O2/c28-23-12-8-20(9-13-23)18-31-14-15-32-25(27(31)34)16-24(30-32)26(33)29-17-19-6-10-22(11-7-19)21-4-2-1-3-5-21/h1-13,16H,14-15,17-18H2,(H,29,33). The van der Waals surface area contributed by atoms with Crippen molar-refractivity contribution in [2.24, 2.45) is 0 Å². The second-order valence-electron chi connectivity index (χ2n) is 8.24. The third-order valence-corrected chi connectivity index (χ3v) is 6.15. The molecule has 1 N–H and O–H groups in total. The Balaban J connectivity index is 1.21. The summed E-state index contributed by atoms with van der Waals surface area (Å²) in [6, 6.07) is 27.2. The van der Waals surface area contributed by atoms with Crippen LogP contribution in [0.1, 0.15) is 32.1 Å². The summed E-state index contributed by atoms with van der Waals surface area (Å²) in [6.07, 6.45) is 0. The molecule has 0 aliphatic carbocycles. The first-order valence-corrected chi connectivity index (χ1v) is 11.5. The number of benzene rings is 3. The van der Waals surface area contributed by atoms with E-state index in [0.29, 0.717) is 36.9 Å². The van der Waals surface area contributed by atoms with Crippen LogP contribution < -0.4 is 5.32 Å². The first-order valence-electron chi connectivity index (χ1n) is 11.1. The van der Waals surface area contributed by atoms with Gasteiger partial charge in [-0.2, -0.15) is 5.10 Å². The topological polar surface area (TPSA) is 67.2 Å². The van der Waals surface area contributed by atoms with Crippen LogP contribution in [0.3, 0.4) is 0 Å². The molecule has 0 atom stereocenters. The molecular weight excluding hydrogens is 448 g/mol. The number of fused-ring (bicyclic) bond motifs is 1. The van der Waals surface area contributed by atoms with Crippen molar-refractivity contribution in [2.75, 3.05) is 6.54 Å². The molecule has 170 valence electrons. The minimum Gasteiger partial charge on any atom is -0.347 e. The summed E-state index contributed by atoms with van der Waals surface area (Å²) in [5.41, 5.74) is 4.94. The van der Waals surface area contributed by atoms with Crippen LogP contribution in [0.5, 0.6) is 0 Å². The lowest BCUT2D eigenvalue weighted by molar-refractivity contribution is 0.0683. The van der Waals surface area contributed by atoms with E-state index < -0.39 is 0 Å². The molecule has 0 saturated carbocycles. The molecular formula is C27H23ClN4O2. The Hall–Kier alpha value is -3.90. The number of halogens is 1. The lowest BCUT2D eigenvalue weighted by atomic mass is 10.0. The largest absolute Gasteiger partial charge is 0.347 e. The van der Waals surface area contributed by atoms with Gasteiger partial charge in [0.2, 0.25) is 0 Å². The first-order chi connectivity index (χ1) is 16.6. The molecule has 5 rings (SSSR count). The van der Waals surface area contributed by atoms with Crippen molar-refractivity contribution in [3.63, 3.8) is 0 Å². The third kappa shape index (κ3) is 4.72. The normalized spacial score (nSPS) is 13.0. The summed E-state index contributed by atoms with van der Waals surface area (Å²) < 4.78 is 1.62. The maximum atomic E-state index is 13.0. The van der Waals surface area contributed by atoms with Crippen LogP contribution in [0.2, 0.25) is 5.02 Å². The van der Waals surface area contributed by atoms with E-state index in [1.807, 2.05) is 66.7 Å². The van der Waals surface area contributed by atoms with Crippen LogP contribution in [0.4, 0.5) is 0 Å². The number of hydrogen-bond donors (Lipinski definition) is 1. The van der Waals surface area contributed by atoms with Gasteiger partial charge < -0.3 is 10.2 Å². The van der Waals surface area contributed by atoms with Crippen molar-refractivity contribution in [2.45, 2.75) is 19.6 Å². The van der Waals surface area contributed by atoms with Crippen LogP contribution in [0.25, 0.3) is 11.1 Å². The number of amides is 2. The number of nitrogens with one attached hydrogen (secondary N) is 1. The molecule has 4 aromatic rings. The highest BCUT2D eigenvalue weighted by Crippen LogP contribution is 2.20. The zero-order valence-corrected chi connectivity index (χ0v) is 19.2. The van der Waals surface area contributed by atoms with Gasteiger partial charge in [-0.05, 0) is 34.4 Å². The number of carbonyl (C=O) groups is 2. The molecule has 3 aromatic carbocycles. The summed E-state index contributed by atoms with van der Waals surface area (Å²) in [5.74, 6) is -0.435. The molecule has 0 unspecified atom stereocenters. The maximum absolute atomic E-state index is 13.0. The molecule has 2 amide bonds. The minimum atomic E-state index is -0.300. The van der Waals surface area contributed by atoms with Crippen LogP contribution in [-0.4, -0.2) is 33.0 Å². The van der Waals surface area contributed by atoms with Crippen molar-refractivity contribution in [1.29, 1.82) is 0 Å². The molecule has 1 aliphatic rings. The summed E-state index contributed by atoms with van der Waals surface area (Å²) in [5, 5.41) is 7.92. The molecule has 2 heterocycles. The summed E-state index contributed by atoms with van der Waals surface area (Å²) in [7, 11) is 0. The van der Waals surface area contributed by atoms with Crippen LogP contribution in [0, 0.1) is 0 Å². The average Bonchev–Trinajstić information content (AvgIpc) is 3.32. The van der Waals surface area contributed by atoms with Crippen molar-refractivity contribution < 1.29 is 9.59 Å². The molecule has 6 nitrogen and oxygen atoms in total. The van der Waals surface area contributed by atoms with Gasteiger partial charge in [0.05, 0.1) is 6.54 Å². The van der Waals surface area contributed by atoms with Gasteiger partial charge in [0.25, 0.3) is 11.8 Å². The number of nitrogens with zero attached hydrogens (tertiary/aromatic N) is 3. The van der Waals surface area contributed by atoms with Gasteiger partial charge in [0.1, 0.15) is 5.69 Å². The minimum absolute atomic E-state index is 0.135. The Labute approximate surface area is 202 Å². The molecule has 0 bridgehead atoms. The van der Waals surface area contributed by atoms with Crippen molar-refractivity contribution in [3.8, 4) is 11.1 Å². The summed E-state index contributed by atoms with van der Waals surface area (Å²) >= 11 is 5.95. The Kier molecular flexibility index (Phi) is 6.14. The van der Waals surface area contributed by atoms with Gasteiger partial charge in [0.15, 0.2) is 5.69 Å². The van der Waals surface area contributed by atoms with E-state index in [2.05, 4.69) is 22.5 Å². The molecule has 34 heavy (non-hydrogen) atoms. The predicted molar refractivity (Wildman–Crippen MR) is 131 cm³/mol. The van der Waals surface area contributed by atoms with E-state index in [1.54, 1.807) is 15.6 Å². The smallest absolute Gasteiger partial charge is 0.272 e. The van der Waals surface area contributed by atoms with Crippen molar-refractivity contribution >= 4 is 23.4 Å². The van der Waals surface area contributed by atoms with E-state index >= 15 is 0 Å². The Morgan fingerprint density at radius 3 is 2.29 bits per heavy atom. The lowest BCUT2D eigenvalue weighted by Crippen LogP contribution is -2.39. The average molecular weight is 471 g/mol. The quantitative estimate of drug-likeness (QED) is 0.440. The van der Waals surface area contributed by atoms with E-state index in [-0.39, 0.29) is 17.5 Å². The van der Waals surface area contributed by atoms with Crippen molar-refractivity contribution in [3.05, 3.63) is 112 Å². The van der Waals surface area contributed by atoms with Crippen LogP contribution >= 0.6 is 11.6 Å². The Morgan fingerprint density at radius 1 is 0.882 bits per heavy atom. The highest BCUT2D eigenvalue weighted by Gasteiger charge is 2.27. The molecule has 0 spiro atoms. The second-order valence-corrected chi connectivity index (χ2v) is 8.67. The fraction of sp³-hybridized carbons (Fsp3) is 0.148. The second kappa shape index (κ2) is 9.53. The van der Waals surface area contributed by atoms with Crippen LogP contribution in [-0.2, 0) is 19.6 Å². The predicted octanol–water partition coefficient (Wildman–Crippen LogP) is 4.79. The van der Waals surface area contributed by atoms with Crippen molar-refractivity contribution in [1.82, 2.24) is 20.0 Å². The SMILES string of the molecule is O=C(NCc1ccc(-c2ccccc2)cc1)c1cc2n(n1)CCN(Cc1ccc(Cl)cc1)C2=O. The van der Waals surface area contributed by atoms with Gasteiger partial charge in [-0.1, -0.05) is 78.3 Å². The van der Waals surface area contributed by atoms with Crippen LogP contribution in [0.15, 0.2) is 84.9 Å². The number of aromatic nitrogens is 2. The van der Waals surface area contributed by atoms with Gasteiger partial charge in [-0.25, -0.2) is 0 Å². The number of carbonyl (C=O) groups excluding carboxylic acids is 2. The van der Waals surface area contributed by atoms with Gasteiger partial charge in [0, 0.05) is 30.7 Å². The third-order valence-electron chi connectivity index (χ3n) is 5.90. The monoisotopic (exact) mass is 470 g/mol. The Bertz CT molecular complexity index is 1320. The maximum Gasteiger partial charge on any atom is 0.272 e. The molecule has 1 aliphatic heterocycles. The lowest BCUT2D eigenvalue weighted by Gasteiger charge is -2.27. The van der Waals surface area contributed by atoms with Gasteiger partial charge >= 0.3 is 0 Å². The fourth-order valence-corrected chi connectivity index (χ4v) is 4.15. The van der Waals surface area contributed by atoms with E-state index in [0.717, 1.165) is 22.3 Å². The van der Waals surface area contributed by atoms with Gasteiger partial charge in [-0.3, -0.25) is 14.3 Å². The van der Waals surface area contributed by atoms with E-state index in [1.165, 1.54) is 0 Å². The fourth-order valence-electron chi connectivity index (χ4n) is 4.03. The molecule has 7 heteroatoms. The number of hydrogen-bond acceptors (Lipinski definition) is 3. The van der Waals surface area contributed by atoms with Gasteiger partial charge in [-0.15, -0.1) is 0 Å². The van der Waals surface area contributed by atoms with E-state index in [4.69, 9.17) is 11.6 Å². The summed E-state index contributed by atoms with van der Waals surface area (Å²) in [6.45, 7) is 1.95. The number of rotatable bonds is 6. The highest BCUT2D eigenvalue weighted by atomic mass is 35.5. The zero-order valence-electron chi connectivity index (χ0n) is 18.4.